The molecule has 1 aliphatic carbocycles. The number of alkyl halides is 3. The molecule has 1 aromatic rings. The first-order chi connectivity index (χ1) is 20.7. The Kier molecular flexibility index (Phi) is 14.6. The molecule has 15 heteroatoms. The van der Waals surface area contributed by atoms with E-state index in [0.717, 1.165) is 12.1 Å². The van der Waals surface area contributed by atoms with Crippen LogP contribution in [-0.2, 0) is 25.3 Å². The van der Waals surface area contributed by atoms with Gasteiger partial charge in [-0.25, -0.2) is 4.79 Å². The largest absolute Gasteiger partial charge is 0.491 e. The summed E-state index contributed by atoms with van der Waals surface area (Å²) in [6.45, 7) is 2.11. The molecule has 1 aliphatic rings. The van der Waals surface area contributed by atoms with Gasteiger partial charge in [-0.2, -0.15) is 13.2 Å². The summed E-state index contributed by atoms with van der Waals surface area (Å²) in [4.78, 5) is 38.5. The van der Waals surface area contributed by atoms with E-state index in [1.54, 1.807) is 6.08 Å². The van der Waals surface area contributed by atoms with E-state index in [-0.39, 0.29) is 37.0 Å². The molecule has 1 fully saturated rings. The number of unbranched alkanes of at least 4 members (excludes halogenated alkanes) is 1. The molecule has 0 spiro atoms. The second-order valence-electron chi connectivity index (χ2n) is 10.6. The highest BCUT2D eigenvalue weighted by Gasteiger charge is 2.39. The van der Waals surface area contributed by atoms with Crippen LogP contribution in [0.25, 0.3) is 0 Å². The molecule has 12 nitrogen and oxygen atoms in total. The van der Waals surface area contributed by atoms with Crippen molar-refractivity contribution in [2.24, 2.45) is 11.8 Å². The van der Waals surface area contributed by atoms with Crippen molar-refractivity contribution in [2.45, 2.75) is 82.6 Å². The van der Waals surface area contributed by atoms with Crippen LogP contribution in [0.2, 0.25) is 0 Å². The van der Waals surface area contributed by atoms with Crippen LogP contribution in [0.1, 0.15) is 51.5 Å². The number of ether oxygens (including phenoxy) is 2. The van der Waals surface area contributed by atoms with E-state index in [1.165, 1.54) is 32.1 Å². The minimum Gasteiger partial charge on any atom is -0.491 e. The maximum atomic E-state index is 12.9. The van der Waals surface area contributed by atoms with Crippen LogP contribution in [0.4, 0.5) is 13.2 Å². The molecule has 7 atom stereocenters. The molecule has 0 bridgehead atoms. The van der Waals surface area contributed by atoms with E-state index in [4.69, 9.17) is 9.47 Å². The maximum Gasteiger partial charge on any atom is 0.416 e. The van der Waals surface area contributed by atoms with E-state index < -0.39 is 65.8 Å². The molecule has 1 saturated carbocycles. The third-order valence-corrected chi connectivity index (χ3v) is 6.87. The Hall–Kier alpha value is -3.69. The Bertz CT molecular complexity index is 1150. The van der Waals surface area contributed by atoms with Crippen molar-refractivity contribution in [1.82, 2.24) is 5.32 Å². The number of hydrogen-bond acceptors (Lipinski definition) is 10. The lowest BCUT2D eigenvalue weighted by molar-refractivity contribution is -0.759. The Morgan fingerprint density at radius 1 is 1.18 bits per heavy atom. The van der Waals surface area contributed by atoms with Gasteiger partial charge in [0.15, 0.2) is 0 Å². The van der Waals surface area contributed by atoms with Gasteiger partial charge in [-0.3, -0.25) is 4.79 Å². The van der Waals surface area contributed by atoms with Gasteiger partial charge in [-0.1, -0.05) is 30.4 Å². The average Bonchev–Trinajstić information content (AvgIpc) is 3.22. The Morgan fingerprint density at radius 3 is 2.59 bits per heavy atom. The number of benzene rings is 1. The number of esters is 1. The van der Waals surface area contributed by atoms with Gasteiger partial charge in [0, 0.05) is 18.8 Å². The van der Waals surface area contributed by atoms with Gasteiger partial charge in [-0.05, 0) is 57.2 Å². The van der Waals surface area contributed by atoms with Gasteiger partial charge < -0.3 is 34.9 Å². The second kappa shape index (κ2) is 17.6. The Morgan fingerprint density at radius 2 is 1.91 bits per heavy atom. The lowest BCUT2D eigenvalue weighted by atomic mass is 9.89. The number of aliphatic hydroxyl groups excluding tert-OH is 3. The van der Waals surface area contributed by atoms with Crippen LogP contribution in [0, 0.1) is 22.0 Å². The van der Waals surface area contributed by atoms with Crippen LogP contribution in [0.5, 0.6) is 5.75 Å². The average molecular weight is 633 g/mol. The van der Waals surface area contributed by atoms with Crippen molar-refractivity contribution >= 4 is 11.9 Å². The molecule has 0 aliphatic heterocycles. The van der Waals surface area contributed by atoms with E-state index in [1.807, 2.05) is 12.2 Å². The van der Waals surface area contributed by atoms with Gasteiger partial charge in [0.05, 0.1) is 17.8 Å². The third-order valence-electron chi connectivity index (χ3n) is 6.87. The van der Waals surface area contributed by atoms with Crippen molar-refractivity contribution in [3.05, 3.63) is 64.2 Å². The smallest absolute Gasteiger partial charge is 0.416 e. The zero-order valence-corrected chi connectivity index (χ0v) is 24.4. The molecule has 1 amide bonds. The molecule has 0 saturated heterocycles. The highest BCUT2D eigenvalue weighted by molar-refractivity contribution is 5.84. The summed E-state index contributed by atoms with van der Waals surface area (Å²) in [5, 5.41) is 42.8. The van der Waals surface area contributed by atoms with Gasteiger partial charge in [-0.15, -0.1) is 10.1 Å². The number of nitrogens with zero attached hydrogens (tertiary/aromatic N) is 1. The SMILES string of the molecule is CC(CO[N+](=O)[O-])OC(=O)C(C)NC(=O)CCCC=CC[C@@H]1[C@@H](C=C[C@@H](O)COc2cccc(C(F)(F)F)c2)[C@H](O)C[C@@H]1O. The molecule has 246 valence electrons. The Labute approximate surface area is 252 Å². The monoisotopic (exact) mass is 632 g/mol. The highest BCUT2D eigenvalue weighted by Crippen LogP contribution is 2.36. The quantitative estimate of drug-likeness (QED) is 0.0656. The van der Waals surface area contributed by atoms with E-state index in [9.17, 15) is 48.2 Å². The number of hydrogen-bond donors (Lipinski definition) is 4. The van der Waals surface area contributed by atoms with Crippen LogP contribution >= 0.6 is 0 Å². The molecule has 4 N–H and O–H groups in total. The van der Waals surface area contributed by atoms with Crippen molar-refractivity contribution in [3.8, 4) is 5.75 Å². The third kappa shape index (κ3) is 12.9. The van der Waals surface area contributed by atoms with E-state index >= 15 is 0 Å². The predicted octanol–water partition coefficient (Wildman–Crippen LogP) is 3.12. The molecule has 0 aromatic heterocycles. The fraction of sp³-hybridized carbons (Fsp3) is 0.586. The van der Waals surface area contributed by atoms with Crippen molar-refractivity contribution in [1.29, 1.82) is 0 Å². The maximum absolute atomic E-state index is 12.9. The number of rotatable bonds is 17. The van der Waals surface area contributed by atoms with Gasteiger partial charge in [0.1, 0.15) is 37.2 Å². The normalized spacial score (nSPS) is 22.5. The number of amides is 1. The summed E-state index contributed by atoms with van der Waals surface area (Å²) in [6.07, 6.45) is 0.101. The lowest BCUT2D eigenvalue weighted by Crippen LogP contribution is -2.41. The summed E-state index contributed by atoms with van der Waals surface area (Å²) in [5.74, 6) is -2.00. The fourth-order valence-corrected chi connectivity index (χ4v) is 4.59. The number of carbonyl (C=O) groups is 2. The van der Waals surface area contributed by atoms with Crippen molar-refractivity contribution in [2.75, 3.05) is 13.2 Å². The summed E-state index contributed by atoms with van der Waals surface area (Å²) < 4.78 is 48.9. The van der Waals surface area contributed by atoms with Crippen molar-refractivity contribution < 1.29 is 57.5 Å². The molecule has 2 unspecified atom stereocenters. The first-order valence-electron chi connectivity index (χ1n) is 14.1. The summed E-state index contributed by atoms with van der Waals surface area (Å²) in [5.41, 5.74) is -0.870. The second-order valence-corrected chi connectivity index (χ2v) is 10.6. The first-order valence-corrected chi connectivity index (χ1v) is 14.1. The fourth-order valence-electron chi connectivity index (χ4n) is 4.59. The highest BCUT2D eigenvalue weighted by atomic mass is 19.4. The zero-order valence-electron chi connectivity index (χ0n) is 24.4. The Balaban J connectivity index is 1.74. The lowest BCUT2D eigenvalue weighted by Gasteiger charge is -2.19. The number of halogens is 3. The van der Waals surface area contributed by atoms with E-state index in [0.29, 0.717) is 19.3 Å². The number of allylic oxidation sites excluding steroid dienone is 2. The summed E-state index contributed by atoms with van der Waals surface area (Å²) in [7, 11) is 0. The summed E-state index contributed by atoms with van der Waals surface area (Å²) in [6, 6.07) is 3.34. The number of nitrogens with one attached hydrogen (secondary N) is 1. The molecule has 2 rings (SSSR count). The van der Waals surface area contributed by atoms with E-state index in [2.05, 4.69) is 10.2 Å². The topological polar surface area (TPSA) is 178 Å². The van der Waals surface area contributed by atoms with Gasteiger partial charge in [0.25, 0.3) is 5.09 Å². The number of carbonyl (C=O) groups excluding carboxylic acids is 2. The molecular formula is C29H39F3N2O10. The molecule has 0 radical (unpaired) electrons. The van der Waals surface area contributed by atoms with Gasteiger partial charge in [0.2, 0.25) is 5.91 Å². The van der Waals surface area contributed by atoms with Crippen LogP contribution < -0.4 is 10.1 Å². The molecule has 1 aromatic carbocycles. The molecular weight excluding hydrogens is 593 g/mol. The zero-order chi connectivity index (χ0) is 32.9. The molecule has 44 heavy (non-hydrogen) atoms. The minimum absolute atomic E-state index is 0.0475. The van der Waals surface area contributed by atoms with Crippen molar-refractivity contribution in [3.63, 3.8) is 0 Å². The standard InChI is InChI=1S/C29H39F3N2O10/c1-18(16-43-34(40)41)44-28(39)19(2)33-27(38)11-6-4-3-5-10-23-24(26(37)15-25(23)36)13-12-21(35)17-42-22-9-7-8-20(14-22)29(30,31)32/h3,5,7-9,12-14,18-19,21,23-26,35-37H,4,6,10-11,15-17H2,1-2H3,(H,33,38)/t18?,19?,21-,23-,24-,25+,26-/m1/s1. The summed E-state index contributed by atoms with van der Waals surface area (Å²) >= 11 is 0. The molecule has 0 heterocycles. The van der Waals surface area contributed by atoms with Crippen LogP contribution in [0.3, 0.4) is 0 Å². The van der Waals surface area contributed by atoms with Gasteiger partial charge >= 0.3 is 12.1 Å². The van der Waals surface area contributed by atoms with Crippen LogP contribution in [0.15, 0.2) is 48.6 Å². The first kappa shape index (κ1) is 36.5. The van der Waals surface area contributed by atoms with Crippen LogP contribution in [-0.4, -0.2) is 76.0 Å². The predicted molar refractivity (Wildman–Crippen MR) is 149 cm³/mol. The number of aliphatic hydroxyl groups is 3. The minimum atomic E-state index is -4.52.